The summed E-state index contributed by atoms with van der Waals surface area (Å²) in [5, 5.41) is 13.4. The number of rotatable bonds is 2. The summed E-state index contributed by atoms with van der Waals surface area (Å²) in [6.07, 6.45) is -2.92. The second-order valence-corrected chi connectivity index (χ2v) is 5.04. The van der Waals surface area contributed by atoms with E-state index in [-0.39, 0.29) is 4.47 Å². The van der Waals surface area contributed by atoms with Crippen molar-refractivity contribution in [3.05, 3.63) is 21.9 Å². The van der Waals surface area contributed by atoms with Gasteiger partial charge in [0.15, 0.2) is 5.69 Å². The van der Waals surface area contributed by atoms with Gasteiger partial charge in [0.1, 0.15) is 16.7 Å². The van der Waals surface area contributed by atoms with Crippen molar-refractivity contribution in [2.45, 2.75) is 11.3 Å². The molecule has 0 spiro atoms. The van der Waals surface area contributed by atoms with E-state index in [4.69, 9.17) is 10.4 Å². The van der Waals surface area contributed by atoms with E-state index in [0.717, 1.165) is 6.07 Å². The summed E-state index contributed by atoms with van der Waals surface area (Å²) in [5.41, 5.74) is -1.36. The fourth-order valence-electron chi connectivity index (χ4n) is 0.936. The molecule has 0 aliphatic carbocycles. The molecule has 9 heteroatoms. The smallest absolute Gasteiger partial charge is 0.233 e. The highest BCUT2D eigenvalue weighted by Gasteiger charge is 2.22. The van der Waals surface area contributed by atoms with Crippen LogP contribution >= 0.6 is 15.9 Å². The number of aromatic nitrogens is 1. The molecule has 5 nitrogen and oxygen atoms in total. The number of nitrogens with two attached hydrogens (primary N) is 1. The molecule has 0 aliphatic heterocycles. The molecule has 1 heterocycles. The molecular weight excluding hydrogens is 308 g/mol. The molecule has 0 aromatic carbocycles. The van der Waals surface area contributed by atoms with Crippen molar-refractivity contribution in [3.8, 4) is 6.07 Å². The van der Waals surface area contributed by atoms with Gasteiger partial charge in [0.05, 0.1) is 0 Å². The summed E-state index contributed by atoms with van der Waals surface area (Å²) in [7, 11) is -4.17. The molecule has 0 bridgehead atoms. The molecule has 0 radical (unpaired) electrons. The predicted octanol–water partition coefficient (Wildman–Crippen LogP) is 1.30. The Morgan fingerprint density at radius 3 is 2.50 bits per heavy atom. The molecule has 1 rings (SSSR count). The zero-order valence-corrected chi connectivity index (χ0v) is 9.89. The maximum Gasteiger partial charge on any atom is 0.281 e. The van der Waals surface area contributed by atoms with Crippen LogP contribution in [-0.4, -0.2) is 13.4 Å². The lowest BCUT2D eigenvalue weighted by Gasteiger charge is -2.06. The highest BCUT2D eigenvalue weighted by molar-refractivity contribution is 9.10. The molecule has 0 saturated carbocycles. The van der Waals surface area contributed by atoms with Crippen LogP contribution in [0.2, 0.25) is 0 Å². The molecule has 0 atom stereocenters. The Morgan fingerprint density at radius 1 is 1.56 bits per heavy atom. The number of hydrogen-bond acceptors (Lipinski definition) is 4. The first-order chi connectivity index (χ1) is 7.27. The normalized spacial score (nSPS) is 11.5. The molecule has 1 aromatic rings. The van der Waals surface area contributed by atoms with E-state index in [1.807, 2.05) is 0 Å². The van der Waals surface area contributed by atoms with Crippen molar-refractivity contribution in [1.82, 2.24) is 4.98 Å². The quantitative estimate of drug-likeness (QED) is 0.890. The van der Waals surface area contributed by atoms with Crippen molar-refractivity contribution in [2.75, 3.05) is 0 Å². The molecule has 2 N–H and O–H groups in total. The highest BCUT2D eigenvalue weighted by atomic mass is 79.9. The van der Waals surface area contributed by atoms with Crippen LogP contribution in [0.25, 0.3) is 0 Å². The first kappa shape index (κ1) is 13.0. The lowest BCUT2D eigenvalue weighted by Crippen LogP contribution is -2.15. The van der Waals surface area contributed by atoms with Crippen molar-refractivity contribution in [2.24, 2.45) is 5.14 Å². The van der Waals surface area contributed by atoms with Gasteiger partial charge in [-0.3, -0.25) is 0 Å². The van der Waals surface area contributed by atoms with E-state index >= 15 is 0 Å². The molecule has 86 valence electrons. The molecular formula is C7H4BrF2N3O2S. The zero-order valence-electron chi connectivity index (χ0n) is 7.49. The van der Waals surface area contributed by atoms with Gasteiger partial charge in [0, 0.05) is 4.47 Å². The number of hydrogen-bond donors (Lipinski definition) is 1. The van der Waals surface area contributed by atoms with Crippen molar-refractivity contribution < 1.29 is 17.2 Å². The Labute approximate surface area is 98.1 Å². The Kier molecular flexibility index (Phi) is 3.57. The zero-order chi connectivity index (χ0) is 12.5. The number of sulfonamides is 1. The summed E-state index contributed by atoms with van der Waals surface area (Å²) in [6.45, 7) is 0. The summed E-state index contributed by atoms with van der Waals surface area (Å²) in [4.78, 5) is 2.65. The fraction of sp³-hybridized carbons (Fsp3) is 0.143. The molecule has 0 aliphatic rings. The number of nitrogens with zero attached hydrogens (tertiary/aromatic N) is 2. The summed E-state index contributed by atoms with van der Waals surface area (Å²) >= 11 is 2.73. The van der Waals surface area contributed by atoms with Gasteiger partial charge in [0.2, 0.25) is 10.0 Å². The average Bonchev–Trinajstić information content (AvgIpc) is 2.15. The van der Waals surface area contributed by atoms with Gasteiger partial charge < -0.3 is 0 Å². The van der Waals surface area contributed by atoms with Crippen LogP contribution in [-0.2, 0) is 10.0 Å². The van der Waals surface area contributed by atoms with E-state index < -0.39 is 32.7 Å². The van der Waals surface area contributed by atoms with Crippen LogP contribution in [0.15, 0.2) is 15.4 Å². The van der Waals surface area contributed by atoms with E-state index in [0.29, 0.717) is 0 Å². The van der Waals surface area contributed by atoms with Crippen molar-refractivity contribution in [1.29, 1.82) is 5.26 Å². The van der Waals surface area contributed by atoms with Gasteiger partial charge in [-0.15, -0.1) is 0 Å². The summed E-state index contributed by atoms with van der Waals surface area (Å²) < 4.78 is 46.6. The van der Waals surface area contributed by atoms with Crippen LogP contribution in [0.3, 0.4) is 0 Å². The maximum absolute atomic E-state index is 12.4. The monoisotopic (exact) mass is 311 g/mol. The van der Waals surface area contributed by atoms with Gasteiger partial charge in [-0.25, -0.2) is 27.3 Å². The first-order valence-electron chi connectivity index (χ1n) is 3.69. The van der Waals surface area contributed by atoms with E-state index in [2.05, 4.69) is 20.9 Å². The van der Waals surface area contributed by atoms with Crippen LogP contribution in [0, 0.1) is 11.3 Å². The molecule has 0 saturated heterocycles. The third-order valence-electron chi connectivity index (χ3n) is 1.59. The minimum Gasteiger partial charge on any atom is -0.233 e. The summed E-state index contributed by atoms with van der Waals surface area (Å²) in [6, 6.07) is 2.24. The van der Waals surface area contributed by atoms with Gasteiger partial charge in [-0.1, -0.05) is 0 Å². The first-order valence-corrected chi connectivity index (χ1v) is 6.02. The van der Waals surface area contributed by atoms with E-state index in [1.165, 1.54) is 6.07 Å². The topological polar surface area (TPSA) is 96.8 Å². The number of halogens is 3. The van der Waals surface area contributed by atoms with Gasteiger partial charge in [-0.05, 0) is 22.0 Å². The fourth-order valence-corrected chi connectivity index (χ4v) is 2.22. The van der Waals surface area contributed by atoms with Crippen molar-refractivity contribution in [3.63, 3.8) is 0 Å². The Bertz CT molecular complexity index is 568. The second kappa shape index (κ2) is 4.40. The van der Waals surface area contributed by atoms with Gasteiger partial charge in [0.25, 0.3) is 6.43 Å². The maximum atomic E-state index is 12.4. The molecule has 0 amide bonds. The van der Waals surface area contributed by atoms with Crippen LogP contribution in [0.1, 0.15) is 17.8 Å². The third-order valence-corrected chi connectivity index (χ3v) is 3.15. The predicted molar refractivity (Wildman–Crippen MR) is 53.0 cm³/mol. The minimum absolute atomic E-state index is 0.217. The Morgan fingerprint density at radius 2 is 2.12 bits per heavy atom. The lowest BCUT2D eigenvalue weighted by atomic mass is 10.3. The summed E-state index contributed by atoms with van der Waals surface area (Å²) in [5.74, 6) is 0. The molecule has 1 aromatic heterocycles. The van der Waals surface area contributed by atoms with E-state index in [9.17, 15) is 17.2 Å². The molecule has 16 heavy (non-hydrogen) atoms. The lowest BCUT2D eigenvalue weighted by molar-refractivity contribution is 0.145. The molecule has 0 unspecified atom stereocenters. The Hall–Kier alpha value is -1.11. The number of primary sulfonamides is 1. The number of alkyl halides is 2. The van der Waals surface area contributed by atoms with Crippen molar-refractivity contribution >= 4 is 26.0 Å². The molecule has 0 fully saturated rings. The Balaban J connectivity index is 3.59. The SMILES string of the molecule is N#Cc1nc(C(F)F)c(Br)cc1S(N)(=O)=O. The van der Waals surface area contributed by atoms with Gasteiger partial charge in [-0.2, -0.15) is 5.26 Å². The van der Waals surface area contributed by atoms with Crippen LogP contribution < -0.4 is 5.14 Å². The largest absolute Gasteiger partial charge is 0.281 e. The number of pyridine rings is 1. The average molecular weight is 312 g/mol. The van der Waals surface area contributed by atoms with Crippen LogP contribution in [0.5, 0.6) is 0 Å². The van der Waals surface area contributed by atoms with E-state index in [1.54, 1.807) is 0 Å². The highest BCUT2D eigenvalue weighted by Crippen LogP contribution is 2.28. The van der Waals surface area contributed by atoms with Crippen LogP contribution in [0.4, 0.5) is 8.78 Å². The minimum atomic E-state index is -4.17. The second-order valence-electron chi connectivity index (χ2n) is 2.66. The third kappa shape index (κ3) is 2.52. The van der Waals surface area contributed by atoms with Gasteiger partial charge >= 0.3 is 0 Å². The standard InChI is InChI=1S/C7H4BrF2N3O2S/c8-3-1-5(16(12,14)15)4(2-11)13-6(3)7(9)10/h1,7H,(H2,12,14,15). The number of nitriles is 1.